The first-order valence-electron chi connectivity index (χ1n) is 6.01. The summed E-state index contributed by atoms with van der Waals surface area (Å²) >= 11 is 0. The molecule has 0 aliphatic carbocycles. The minimum atomic E-state index is -0.203. The number of nitrogens with zero attached hydrogens (tertiary/aromatic N) is 4. The van der Waals surface area contributed by atoms with E-state index in [1.807, 2.05) is 30.3 Å². The number of hydrogen-bond donors (Lipinski definition) is 2. The molecule has 2 heterocycles. The Morgan fingerprint density at radius 3 is 2.95 bits per heavy atom. The van der Waals surface area contributed by atoms with Crippen LogP contribution in [-0.4, -0.2) is 25.7 Å². The number of nitrogen functional groups attached to an aromatic ring is 1. The molecule has 0 spiro atoms. The number of carbonyl (C=O) groups is 1. The van der Waals surface area contributed by atoms with Gasteiger partial charge in [-0.3, -0.25) is 9.78 Å². The van der Waals surface area contributed by atoms with Crippen molar-refractivity contribution in [3.63, 3.8) is 0 Å². The standard InChI is InChI=1S/C13H12N6O/c14-13-16-8-19(18-13)7-12(20)17-11-5-1-4-10-9(11)3-2-6-15-10/h1-6,8H,7H2,(H2,14,18)(H,17,20). The summed E-state index contributed by atoms with van der Waals surface area (Å²) in [5, 5.41) is 7.59. The predicted octanol–water partition coefficient (Wildman–Crippen LogP) is 1.05. The smallest absolute Gasteiger partial charge is 0.246 e. The highest BCUT2D eigenvalue weighted by molar-refractivity contribution is 6.00. The predicted molar refractivity (Wildman–Crippen MR) is 74.8 cm³/mol. The van der Waals surface area contributed by atoms with Gasteiger partial charge in [-0.05, 0) is 24.3 Å². The fourth-order valence-electron chi connectivity index (χ4n) is 1.93. The molecule has 0 saturated heterocycles. The molecular weight excluding hydrogens is 256 g/mol. The number of benzene rings is 1. The lowest BCUT2D eigenvalue weighted by Crippen LogP contribution is -2.19. The SMILES string of the molecule is Nc1ncn(CC(=O)Nc2cccc3ncccc23)n1. The number of nitrogens with one attached hydrogen (secondary N) is 1. The quantitative estimate of drug-likeness (QED) is 0.739. The number of rotatable bonds is 3. The Balaban J connectivity index is 1.81. The summed E-state index contributed by atoms with van der Waals surface area (Å²) in [6.45, 7) is 0.0564. The summed E-state index contributed by atoms with van der Waals surface area (Å²) < 4.78 is 1.38. The van der Waals surface area contributed by atoms with E-state index in [1.165, 1.54) is 11.0 Å². The molecule has 3 N–H and O–H groups in total. The monoisotopic (exact) mass is 268 g/mol. The lowest BCUT2D eigenvalue weighted by Gasteiger charge is -2.08. The highest BCUT2D eigenvalue weighted by atomic mass is 16.2. The lowest BCUT2D eigenvalue weighted by molar-refractivity contribution is -0.116. The van der Waals surface area contributed by atoms with E-state index in [-0.39, 0.29) is 18.4 Å². The fourth-order valence-corrected chi connectivity index (χ4v) is 1.93. The van der Waals surface area contributed by atoms with Gasteiger partial charge in [-0.1, -0.05) is 6.07 Å². The van der Waals surface area contributed by atoms with Gasteiger partial charge in [0.15, 0.2) is 0 Å². The molecule has 0 unspecified atom stereocenters. The van der Waals surface area contributed by atoms with Gasteiger partial charge in [-0.15, -0.1) is 5.10 Å². The number of amides is 1. The lowest BCUT2D eigenvalue weighted by atomic mass is 10.2. The number of carbonyl (C=O) groups excluding carboxylic acids is 1. The molecule has 0 atom stereocenters. The van der Waals surface area contributed by atoms with Crippen molar-refractivity contribution in [1.82, 2.24) is 19.7 Å². The number of hydrogen-bond acceptors (Lipinski definition) is 5. The molecule has 100 valence electrons. The molecule has 20 heavy (non-hydrogen) atoms. The maximum atomic E-state index is 12.0. The minimum Gasteiger partial charge on any atom is -0.367 e. The summed E-state index contributed by atoms with van der Waals surface area (Å²) in [5.74, 6) is -0.0570. The molecule has 0 fully saturated rings. The maximum absolute atomic E-state index is 12.0. The van der Waals surface area contributed by atoms with Gasteiger partial charge in [0.2, 0.25) is 11.9 Å². The van der Waals surface area contributed by atoms with E-state index in [4.69, 9.17) is 5.73 Å². The third kappa shape index (κ3) is 2.41. The Kier molecular flexibility index (Phi) is 3.00. The van der Waals surface area contributed by atoms with Crippen molar-refractivity contribution in [2.45, 2.75) is 6.54 Å². The highest BCUT2D eigenvalue weighted by Gasteiger charge is 2.07. The summed E-state index contributed by atoms with van der Waals surface area (Å²) in [5.41, 5.74) is 6.94. The normalized spacial score (nSPS) is 10.6. The van der Waals surface area contributed by atoms with E-state index in [0.717, 1.165) is 10.9 Å². The van der Waals surface area contributed by atoms with E-state index in [9.17, 15) is 4.79 Å². The molecule has 7 heteroatoms. The number of pyridine rings is 1. The van der Waals surface area contributed by atoms with Crippen molar-refractivity contribution in [1.29, 1.82) is 0 Å². The number of anilines is 2. The Labute approximate surface area is 114 Å². The molecule has 0 radical (unpaired) electrons. The third-order valence-electron chi connectivity index (χ3n) is 2.78. The van der Waals surface area contributed by atoms with E-state index >= 15 is 0 Å². The third-order valence-corrected chi connectivity index (χ3v) is 2.78. The first-order valence-corrected chi connectivity index (χ1v) is 6.01. The summed E-state index contributed by atoms with van der Waals surface area (Å²) in [6, 6.07) is 9.31. The van der Waals surface area contributed by atoms with Crippen molar-refractivity contribution in [3.8, 4) is 0 Å². The average Bonchev–Trinajstić information content (AvgIpc) is 2.84. The van der Waals surface area contributed by atoms with Crippen LogP contribution in [-0.2, 0) is 11.3 Å². The number of nitrogens with two attached hydrogens (primary N) is 1. The molecule has 0 saturated carbocycles. The number of fused-ring (bicyclic) bond motifs is 1. The molecule has 0 aliphatic heterocycles. The molecule has 7 nitrogen and oxygen atoms in total. The van der Waals surface area contributed by atoms with Crippen molar-refractivity contribution in [3.05, 3.63) is 42.9 Å². The zero-order valence-electron chi connectivity index (χ0n) is 10.5. The van der Waals surface area contributed by atoms with Crippen LogP contribution < -0.4 is 11.1 Å². The van der Waals surface area contributed by atoms with Crippen LogP contribution in [0.2, 0.25) is 0 Å². The van der Waals surface area contributed by atoms with Crippen LogP contribution in [0.15, 0.2) is 42.9 Å². The van der Waals surface area contributed by atoms with Gasteiger partial charge >= 0.3 is 0 Å². The molecule has 0 bridgehead atoms. The van der Waals surface area contributed by atoms with E-state index < -0.39 is 0 Å². The van der Waals surface area contributed by atoms with Crippen molar-refractivity contribution >= 4 is 28.4 Å². The molecule has 0 aliphatic rings. The molecule has 2 aromatic heterocycles. The largest absolute Gasteiger partial charge is 0.367 e. The van der Waals surface area contributed by atoms with E-state index in [1.54, 1.807) is 6.20 Å². The van der Waals surface area contributed by atoms with Crippen LogP contribution >= 0.6 is 0 Å². The zero-order valence-corrected chi connectivity index (χ0v) is 10.5. The average molecular weight is 268 g/mol. The van der Waals surface area contributed by atoms with Crippen LogP contribution in [0, 0.1) is 0 Å². The van der Waals surface area contributed by atoms with Gasteiger partial charge in [0.05, 0.1) is 11.2 Å². The summed E-state index contributed by atoms with van der Waals surface area (Å²) in [6.07, 6.45) is 3.13. The van der Waals surface area contributed by atoms with Gasteiger partial charge < -0.3 is 11.1 Å². The molecule has 1 amide bonds. The van der Waals surface area contributed by atoms with Crippen molar-refractivity contribution in [2.75, 3.05) is 11.1 Å². The van der Waals surface area contributed by atoms with Crippen LogP contribution in [0.4, 0.5) is 11.6 Å². The highest BCUT2D eigenvalue weighted by Crippen LogP contribution is 2.21. The minimum absolute atomic E-state index is 0.0564. The zero-order chi connectivity index (χ0) is 13.9. The Morgan fingerprint density at radius 1 is 1.25 bits per heavy atom. The Morgan fingerprint density at radius 2 is 2.15 bits per heavy atom. The first kappa shape index (κ1) is 12.1. The van der Waals surface area contributed by atoms with Crippen molar-refractivity contribution < 1.29 is 4.79 Å². The van der Waals surface area contributed by atoms with Crippen LogP contribution in [0.1, 0.15) is 0 Å². The van der Waals surface area contributed by atoms with Gasteiger partial charge in [0.25, 0.3) is 0 Å². The van der Waals surface area contributed by atoms with Crippen molar-refractivity contribution in [2.24, 2.45) is 0 Å². The van der Waals surface area contributed by atoms with Crippen LogP contribution in [0.3, 0.4) is 0 Å². The Bertz CT molecular complexity index is 761. The Hall–Kier alpha value is -2.96. The second kappa shape index (κ2) is 4.96. The van der Waals surface area contributed by atoms with Gasteiger partial charge in [0.1, 0.15) is 12.9 Å². The van der Waals surface area contributed by atoms with Gasteiger partial charge in [0, 0.05) is 11.6 Å². The second-order valence-corrected chi connectivity index (χ2v) is 4.22. The molecule has 1 aromatic carbocycles. The summed E-state index contributed by atoms with van der Waals surface area (Å²) in [4.78, 5) is 20.0. The molecule has 3 rings (SSSR count). The van der Waals surface area contributed by atoms with E-state index in [0.29, 0.717) is 5.69 Å². The van der Waals surface area contributed by atoms with Gasteiger partial charge in [-0.2, -0.15) is 0 Å². The van der Waals surface area contributed by atoms with E-state index in [2.05, 4.69) is 20.4 Å². The van der Waals surface area contributed by atoms with Gasteiger partial charge in [-0.25, -0.2) is 9.67 Å². The first-order chi connectivity index (χ1) is 9.72. The van der Waals surface area contributed by atoms with Crippen LogP contribution in [0.25, 0.3) is 10.9 Å². The second-order valence-electron chi connectivity index (χ2n) is 4.22. The topological polar surface area (TPSA) is 98.7 Å². The molecular formula is C13H12N6O. The van der Waals surface area contributed by atoms with Crippen LogP contribution in [0.5, 0.6) is 0 Å². The summed E-state index contributed by atoms with van der Waals surface area (Å²) in [7, 11) is 0. The fraction of sp³-hybridized carbons (Fsp3) is 0.0769. The maximum Gasteiger partial charge on any atom is 0.246 e. The molecule has 3 aromatic rings. The number of aromatic nitrogens is 4.